The van der Waals surface area contributed by atoms with Crippen LogP contribution < -0.4 is 5.32 Å². The van der Waals surface area contributed by atoms with Crippen LogP contribution in [-0.2, 0) is 6.42 Å². The van der Waals surface area contributed by atoms with Gasteiger partial charge in [-0.25, -0.2) is 4.79 Å². The molecule has 0 aliphatic rings. The van der Waals surface area contributed by atoms with Crippen LogP contribution in [0.1, 0.15) is 38.3 Å². The third-order valence-corrected chi connectivity index (χ3v) is 3.80. The highest BCUT2D eigenvalue weighted by atomic mass is 32.1. The smallest absolute Gasteiger partial charge is 0.348 e. The summed E-state index contributed by atoms with van der Waals surface area (Å²) in [5, 5.41) is 13.4. The normalized spacial score (nSPS) is 10.4. The molecule has 5 nitrogen and oxygen atoms in total. The van der Waals surface area contributed by atoms with Crippen molar-refractivity contribution in [2.24, 2.45) is 0 Å². The van der Waals surface area contributed by atoms with Crippen molar-refractivity contribution in [3.63, 3.8) is 0 Å². The fraction of sp³-hybridized carbons (Fsp3) is 0.231. The molecule has 19 heavy (non-hydrogen) atoms. The van der Waals surface area contributed by atoms with Crippen molar-refractivity contribution in [3.8, 4) is 0 Å². The molecule has 0 saturated carbocycles. The zero-order valence-corrected chi connectivity index (χ0v) is 11.3. The van der Waals surface area contributed by atoms with Gasteiger partial charge >= 0.3 is 5.97 Å². The van der Waals surface area contributed by atoms with Crippen LogP contribution >= 0.6 is 11.3 Å². The number of nitrogens with one attached hydrogen (secondary N) is 1. The maximum Gasteiger partial charge on any atom is 0.348 e. The molecule has 2 N–H and O–H groups in total. The molecule has 0 atom stereocenters. The zero-order valence-electron chi connectivity index (χ0n) is 10.5. The van der Waals surface area contributed by atoms with Crippen molar-refractivity contribution < 1.29 is 19.1 Å². The molecule has 0 unspecified atom stereocenters. The second-order valence-corrected chi connectivity index (χ2v) is 4.87. The van der Waals surface area contributed by atoms with Crippen LogP contribution in [0.5, 0.6) is 0 Å². The van der Waals surface area contributed by atoms with Gasteiger partial charge in [0.25, 0.3) is 5.91 Å². The van der Waals surface area contributed by atoms with Crippen LogP contribution in [-0.4, -0.2) is 17.0 Å². The third kappa shape index (κ3) is 2.53. The Balaban J connectivity index is 2.29. The van der Waals surface area contributed by atoms with Crippen molar-refractivity contribution in [2.45, 2.75) is 20.3 Å². The molecule has 1 amide bonds. The second kappa shape index (κ2) is 5.27. The van der Waals surface area contributed by atoms with Gasteiger partial charge in [0.05, 0.1) is 17.5 Å². The van der Waals surface area contributed by atoms with E-state index in [1.165, 1.54) is 6.26 Å². The molecular weight excluding hydrogens is 266 g/mol. The van der Waals surface area contributed by atoms with E-state index in [1.807, 2.05) is 6.92 Å². The number of carbonyl (C=O) groups is 2. The summed E-state index contributed by atoms with van der Waals surface area (Å²) in [7, 11) is 0. The Bertz CT molecular complexity index is 626. The zero-order chi connectivity index (χ0) is 14.0. The first kappa shape index (κ1) is 13.4. The second-order valence-electron chi connectivity index (χ2n) is 3.99. The van der Waals surface area contributed by atoms with E-state index in [0.29, 0.717) is 23.4 Å². The quantitative estimate of drug-likeness (QED) is 0.901. The predicted octanol–water partition coefficient (Wildman–Crippen LogP) is 3.16. The first-order valence-corrected chi connectivity index (χ1v) is 6.61. The summed E-state index contributed by atoms with van der Waals surface area (Å²) in [5.41, 5.74) is 1.52. The van der Waals surface area contributed by atoms with Crippen molar-refractivity contribution in [3.05, 3.63) is 39.5 Å². The Morgan fingerprint density at radius 3 is 2.84 bits per heavy atom. The number of hydrogen-bond acceptors (Lipinski definition) is 4. The van der Waals surface area contributed by atoms with E-state index in [2.05, 4.69) is 5.32 Å². The molecule has 2 aromatic rings. The summed E-state index contributed by atoms with van der Waals surface area (Å²) < 4.78 is 5.19. The first-order valence-electron chi connectivity index (χ1n) is 5.73. The van der Waals surface area contributed by atoms with E-state index < -0.39 is 5.97 Å². The van der Waals surface area contributed by atoms with Crippen LogP contribution in [0.4, 0.5) is 5.69 Å². The molecule has 0 aromatic carbocycles. The number of carbonyl (C=O) groups excluding carboxylic acids is 1. The Kier molecular flexibility index (Phi) is 3.71. The molecule has 0 aliphatic heterocycles. The fourth-order valence-corrected chi connectivity index (χ4v) is 2.60. The molecule has 2 rings (SSSR count). The number of amides is 1. The average Bonchev–Trinajstić information content (AvgIpc) is 2.96. The predicted molar refractivity (Wildman–Crippen MR) is 72.1 cm³/mol. The Morgan fingerprint density at radius 1 is 1.47 bits per heavy atom. The van der Waals surface area contributed by atoms with Crippen LogP contribution in [0, 0.1) is 6.92 Å². The van der Waals surface area contributed by atoms with Gasteiger partial charge in [0.2, 0.25) is 0 Å². The number of thiophene rings is 1. The monoisotopic (exact) mass is 279 g/mol. The van der Waals surface area contributed by atoms with Crippen molar-refractivity contribution >= 4 is 28.9 Å². The summed E-state index contributed by atoms with van der Waals surface area (Å²) >= 11 is 1.10. The number of rotatable bonds is 4. The number of furan rings is 1. The maximum absolute atomic E-state index is 12.1. The number of aryl methyl sites for hydroxylation is 2. The van der Waals surface area contributed by atoms with Gasteiger partial charge < -0.3 is 14.8 Å². The van der Waals surface area contributed by atoms with Crippen LogP contribution in [0.25, 0.3) is 0 Å². The summed E-state index contributed by atoms with van der Waals surface area (Å²) in [4.78, 5) is 23.3. The van der Waals surface area contributed by atoms with E-state index in [9.17, 15) is 9.59 Å². The van der Waals surface area contributed by atoms with E-state index in [1.54, 1.807) is 18.4 Å². The Morgan fingerprint density at radius 2 is 2.21 bits per heavy atom. The van der Waals surface area contributed by atoms with Gasteiger partial charge in [0.1, 0.15) is 10.6 Å². The molecule has 0 fully saturated rings. The first-order chi connectivity index (χ1) is 9.04. The van der Waals surface area contributed by atoms with Gasteiger partial charge in [-0.3, -0.25) is 4.79 Å². The summed E-state index contributed by atoms with van der Waals surface area (Å²) in [6.45, 7) is 3.64. The largest absolute Gasteiger partial charge is 0.477 e. The van der Waals surface area contributed by atoms with Gasteiger partial charge in [-0.15, -0.1) is 11.3 Å². The van der Waals surface area contributed by atoms with E-state index in [0.717, 1.165) is 16.9 Å². The van der Waals surface area contributed by atoms with Gasteiger partial charge in [-0.1, -0.05) is 6.92 Å². The minimum absolute atomic E-state index is 0.132. The van der Waals surface area contributed by atoms with Gasteiger partial charge in [-0.05, 0) is 23.9 Å². The van der Waals surface area contributed by atoms with Crippen molar-refractivity contribution in [1.29, 1.82) is 0 Å². The van der Waals surface area contributed by atoms with Gasteiger partial charge in [-0.2, -0.15) is 0 Å². The number of aromatic carboxylic acids is 1. The molecule has 0 saturated heterocycles. The number of carboxylic acids is 1. The molecule has 0 aliphatic carbocycles. The lowest BCUT2D eigenvalue weighted by atomic mass is 10.2. The molecule has 0 radical (unpaired) electrons. The van der Waals surface area contributed by atoms with Crippen LogP contribution in [0.15, 0.2) is 22.1 Å². The molecule has 0 spiro atoms. The average molecular weight is 279 g/mol. The van der Waals surface area contributed by atoms with Crippen LogP contribution in [0.3, 0.4) is 0 Å². The fourth-order valence-electron chi connectivity index (χ4n) is 1.75. The molecule has 6 heteroatoms. The lowest BCUT2D eigenvalue weighted by Gasteiger charge is -2.06. The molecule has 100 valence electrons. The minimum atomic E-state index is -1.05. The Hall–Kier alpha value is -2.08. The highest BCUT2D eigenvalue weighted by molar-refractivity contribution is 7.12. The topological polar surface area (TPSA) is 79.5 Å². The number of hydrogen-bond donors (Lipinski definition) is 2. The van der Waals surface area contributed by atoms with Crippen LogP contribution in [0.2, 0.25) is 0 Å². The Labute approximate surface area is 113 Å². The standard InChI is InChI=1S/C13H13NO4S/c1-3-9-8(4-5-18-9)12(15)14-10-7(2)6-19-11(10)13(16)17/h4-6H,3H2,1-2H3,(H,14,15)(H,16,17). The third-order valence-electron chi connectivity index (χ3n) is 2.72. The summed E-state index contributed by atoms with van der Waals surface area (Å²) in [6, 6.07) is 1.58. The number of carboxylic acid groups (broad SMARTS) is 1. The van der Waals surface area contributed by atoms with Gasteiger partial charge in [0, 0.05) is 6.42 Å². The SMILES string of the molecule is CCc1occc1C(=O)Nc1c(C)csc1C(=O)O. The van der Waals surface area contributed by atoms with Gasteiger partial charge in [0.15, 0.2) is 0 Å². The maximum atomic E-state index is 12.1. The summed E-state index contributed by atoms with van der Waals surface area (Å²) in [6.07, 6.45) is 2.05. The molecular formula is C13H13NO4S. The minimum Gasteiger partial charge on any atom is -0.477 e. The van der Waals surface area contributed by atoms with E-state index in [4.69, 9.17) is 9.52 Å². The number of anilines is 1. The highest BCUT2D eigenvalue weighted by Gasteiger charge is 2.20. The summed E-state index contributed by atoms with van der Waals surface area (Å²) in [5.74, 6) is -0.812. The van der Waals surface area contributed by atoms with Crippen molar-refractivity contribution in [1.82, 2.24) is 0 Å². The lowest BCUT2D eigenvalue weighted by molar-refractivity contribution is 0.0703. The molecule has 2 aromatic heterocycles. The molecule has 0 bridgehead atoms. The molecule has 2 heterocycles. The lowest BCUT2D eigenvalue weighted by Crippen LogP contribution is -2.15. The van der Waals surface area contributed by atoms with E-state index >= 15 is 0 Å². The van der Waals surface area contributed by atoms with Crippen molar-refractivity contribution in [2.75, 3.05) is 5.32 Å². The van der Waals surface area contributed by atoms with E-state index in [-0.39, 0.29) is 10.8 Å². The highest BCUT2D eigenvalue weighted by Crippen LogP contribution is 2.28.